The first kappa shape index (κ1) is 10.6. The van der Waals surface area contributed by atoms with Crippen LogP contribution in [0.4, 0.5) is 5.82 Å². The van der Waals surface area contributed by atoms with Gasteiger partial charge in [-0.25, -0.2) is 4.98 Å². The van der Waals surface area contributed by atoms with Crippen LogP contribution in [0.3, 0.4) is 0 Å². The van der Waals surface area contributed by atoms with Gasteiger partial charge in [0.1, 0.15) is 5.82 Å². The molecule has 0 saturated carbocycles. The third-order valence-corrected chi connectivity index (χ3v) is 2.90. The van der Waals surface area contributed by atoms with E-state index in [-0.39, 0.29) is 0 Å². The summed E-state index contributed by atoms with van der Waals surface area (Å²) in [7, 11) is 1.61. The topological polar surface area (TPSA) is 76.8 Å². The highest BCUT2D eigenvalue weighted by Gasteiger charge is 2.07. The van der Waals surface area contributed by atoms with Crippen LogP contribution in [0.15, 0.2) is 36.7 Å². The van der Waals surface area contributed by atoms with E-state index in [1.54, 1.807) is 19.5 Å². The second-order valence-corrected chi connectivity index (χ2v) is 3.95. The first-order valence-corrected chi connectivity index (χ1v) is 5.51. The molecule has 3 rings (SSSR count). The molecule has 0 aliphatic heterocycles. The highest BCUT2D eigenvalue weighted by atomic mass is 16.5. The summed E-state index contributed by atoms with van der Waals surface area (Å²) in [6.45, 7) is 0. The number of nitrogen functional groups attached to an aromatic ring is 1. The number of rotatable bonds is 2. The SMILES string of the molecule is COc1nccc2cc(-c3cn[nH]c3N)ccc12. The molecule has 0 spiro atoms. The molecule has 0 bridgehead atoms. The Labute approximate surface area is 104 Å². The van der Waals surface area contributed by atoms with Gasteiger partial charge in [-0.2, -0.15) is 5.10 Å². The van der Waals surface area contributed by atoms with Crippen LogP contribution < -0.4 is 10.5 Å². The average Bonchev–Trinajstić information content (AvgIpc) is 2.83. The fraction of sp³-hybridized carbons (Fsp3) is 0.0769. The van der Waals surface area contributed by atoms with E-state index < -0.39 is 0 Å². The van der Waals surface area contributed by atoms with Crippen molar-refractivity contribution in [3.05, 3.63) is 36.7 Å². The van der Waals surface area contributed by atoms with Crippen LogP contribution in [0.2, 0.25) is 0 Å². The largest absolute Gasteiger partial charge is 0.481 e. The maximum Gasteiger partial charge on any atom is 0.221 e. The molecule has 90 valence electrons. The van der Waals surface area contributed by atoms with Gasteiger partial charge in [-0.15, -0.1) is 0 Å². The minimum absolute atomic E-state index is 0.565. The summed E-state index contributed by atoms with van der Waals surface area (Å²) in [6.07, 6.45) is 3.44. The van der Waals surface area contributed by atoms with Gasteiger partial charge in [-0.3, -0.25) is 5.10 Å². The molecular formula is C13H12N4O. The molecule has 0 aliphatic rings. The lowest BCUT2D eigenvalue weighted by molar-refractivity contribution is 0.403. The normalized spacial score (nSPS) is 10.7. The Bertz CT molecular complexity index is 705. The average molecular weight is 240 g/mol. The van der Waals surface area contributed by atoms with Crippen LogP contribution in [0, 0.1) is 0 Å². The zero-order valence-corrected chi connectivity index (χ0v) is 9.84. The van der Waals surface area contributed by atoms with Crippen LogP contribution in [0.5, 0.6) is 5.88 Å². The first-order chi connectivity index (χ1) is 8.79. The molecule has 2 aromatic heterocycles. The van der Waals surface area contributed by atoms with Gasteiger partial charge in [0, 0.05) is 17.1 Å². The quantitative estimate of drug-likeness (QED) is 0.720. The molecule has 0 unspecified atom stereocenters. The van der Waals surface area contributed by atoms with Crippen molar-refractivity contribution in [1.82, 2.24) is 15.2 Å². The van der Waals surface area contributed by atoms with Gasteiger partial charge in [0.25, 0.3) is 0 Å². The Morgan fingerprint density at radius 2 is 2.17 bits per heavy atom. The van der Waals surface area contributed by atoms with E-state index in [2.05, 4.69) is 15.2 Å². The summed E-state index contributed by atoms with van der Waals surface area (Å²) in [5.41, 5.74) is 7.73. The van der Waals surface area contributed by atoms with Crippen molar-refractivity contribution in [2.45, 2.75) is 0 Å². The van der Waals surface area contributed by atoms with Crippen molar-refractivity contribution in [3.63, 3.8) is 0 Å². The standard InChI is InChI=1S/C13H12N4O/c1-18-13-10-3-2-8(6-9(10)4-5-15-13)11-7-16-17-12(11)14/h2-7H,1H3,(H3,14,16,17). The van der Waals surface area contributed by atoms with Gasteiger partial charge in [0.05, 0.1) is 13.3 Å². The molecule has 0 amide bonds. The number of H-pyrrole nitrogens is 1. The summed E-state index contributed by atoms with van der Waals surface area (Å²) >= 11 is 0. The van der Waals surface area contributed by atoms with E-state index in [0.717, 1.165) is 21.9 Å². The Morgan fingerprint density at radius 1 is 1.28 bits per heavy atom. The Morgan fingerprint density at radius 3 is 2.89 bits per heavy atom. The second kappa shape index (κ2) is 4.03. The third-order valence-electron chi connectivity index (χ3n) is 2.90. The fourth-order valence-corrected chi connectivity index (χ4v) is 2.01. The predicted octanol–water partition coefficient (Wildman–Crippen LogP) is 2.22. The third kappa shape index (κ3) is 1.57. The number of benzene rings is 1. The number of anilines is 1. The van der Waals surface area contributed by atoms with E-state index in [1.807, 2.05) is 24.3 Å². The number of aromatic amines is 1. The number of methoxy groups -OCH3 is 1. The van der Waals surface area contributed by atoms with Gasteiger partial charge in [-0.05, 0) is 29.1 Å². The van der Waals surface area contributed by atoms with Gasteiger partial charge >= 0.3 is 0 Å². The summed E-state index contributed by atoms with van der Waals surface area (Å²) < 4.78 is 5.23. The van der Waals surface area contributed by atoms with Crippen molar-refractivity contribution in [1.29, 1.82) is 0 Å². The maximum absolute atomic E-state index is 5.82. The smallest absolute Gasteiger partial charge is 0.221 e. The number of hydrogen-bond acceptors (Lipinski definition) is 4. The minimum Gasteiger partial charge on any atom is -0.481 e. The molecule has 5 heteroatoms. The van der Waals surface area contributed by atoms with E-state index >= 15 is 0 Å². The van der Waals surface area contributed by atoms with Gasteiger partial charge < -0.3 is 10.5 Å². The fourth-order valence-electron chi connectivity index (χ4n) is 2.01. The predicted molar refractivity (Wildman–Crippen MR) is 70.3 cm³/mol. The molecule has 0 aliphatic carbocycles. The number of ether oxygens (including phenoxy) is 1. The van der Waals surface area contributed by atoms with Crippen LogP contribution in [0.25, 0.3) is 21.9 Å². The maximum atomic E-state index is 5.82. The lowest BCUT2D eigenvalue weighted by Gasteiger charge is -2.06. The van der Waals surface area contributed by atoms with Crippen LogP contribution in [-0.2, 0) is 0 Å². The second-order valence-electron chi connectivity index (χ2n) is 3.95. The highest BCUT2D eigenvalue weighted by Crippen LogP contribution is 2.30. The number of hydrogen-bond donors (Lipinski definition) is 2. The molecule has 0 fully saturated rings. The van der Waals surface area contributed by atoms with Crippen molar-refractivity contribution in [3.8, 4) is 17.0 Å². The number of pyridine rings is 1. The number of nitrogens with zero attached hydrogens (tertiary/aromatic N) is 2. The molecule has 0 radical (unpaired) electrons. The van der Waals surface area contributed by atoms with Crippen LogP contribution in [0.1, 0.15) is 0 Å². The van der Waals surface area contributed by atoms with E-state index in [9.17, 15) is 0 Å². The molecule has 1 aromatic carbocycles. The Kier molecular flexibility index (Phi) is 2.37. The molecular weight excluding hydrogens is 228 g/mol. The molecule has 3 N–H and O–H groups in total. The molecule has 0 saturated heterocycles. The van der Waals surface area contributed by atoms with Crippen molar-refractivity contribution in [2.24, 2.45) is 0 Å². The number of fused-ring (bicyclic) bond motifs is 1. The summed E-state index contributed by atoms with van der Waals surface area (Å²) in [4.78, 5) is 4.17. The molecule has 2 heterocycles. The van der Waals surface area contributed by atoms with Crippen molar-refractivity contribution >= 4 is 16.6 Å². The summed E-state index contributed by atoms with van der Waals surface area (Å²) in [5.74, 6) is 1.19. The monoisotopic (exact) mass is 240 g/mol. The lowest BCUT2D eigenvalue weighted by atomic mass is 10.0. The lowest BCUT2D eigenvalue weighted by Crippen LogP contribution is -1.90. The van der Waals surface area contributed by atoms with Crippen LogP contribution in [-0.4, -0.2) is 22.3 Å². The number of nitrogens with two attached hydrogens (primary N) is 1. The molecule has 3 aromatic rings. The van der Waals surface area contributed by atoms with Gasteiger partial charge in [0.15, 0.2) is 0 Å². The van der Waals surface area contributed by atoms with E-state index in [1.165, 1.54) is 0 Å². The van der Waals surface area contributed by atoms with E-state index in [4.69, 9.17) is 10.5 Å². The van der Waals surface area contributed by atoms with Crippen molar-refractivity contribution in [2.75, 3.05) is 12.8 Å². The molecule has 0 atom stereocenters. The highest BCUT2D eigenvalue weighted by molar-refractivity contribution is 5.91. The van der Waals surface area contributed by atoms with E-state index in [0.29, 0.717) is 11.7 Å². The number of aromatic nitrogens is 3. The Hall–Kier alpha value is -2.56. The first-order valence-electron chi connectivity index (χ1n) is 5.51. The number of nitrogens with one attached hydrogen (secondary N) is 1. The zero-order valence-electron chi connectivity index (χ0n) is 9.84. The van der Waals surface area contributed by atoms with Crippen molar-refractivity contribution < 1.29 is 4.74 Å². The minimum atomic E-state index is 0.565. The Balaban J connectivity index is 2.21. The van der Waals surface area contributed by atoms with Gasteiger partial charge in [-0.1, -0.05) is 6.07 Å². The van der Waals surface area contributed by atoms with Crippen LogP contribution >= 0.6 is 0 Å². The summed E-state index contributed by atoms with van der Waals surface area (Å²) in [5, 5.41) is 8.69. The van der Waals surface area contributed by atoms with Gasteiger partial charge in [0.2, 0.25) is 5.88 Å². The molecule has 18 heavy (non-hydrogen) atoms. The molecule has 5 nitrogen and oxygen atoms in total. The zero-order chi connectivity index (χ0) is 12.5. The summed E-state index contributed by atoms with van der Waals surface area (Å²) in [6, 6.07) is 7.94.